The molecule has 15 heavy (non-hydrogen) atoms. The van der Waals surface area contributed by atoms with E-state index in [-0.39, 0.29) is 0 Å². The average molecular weight is 199 g/mol. The molecule has 0 aromatic heterocycles. The van der Waals surface area contributed by atoms with E-state index in [1.54, 1.807) is 12.1 Å². The van der Waals surface area contributed by atoms with Crippen LogP contribution in [0.1, 0.15) is 0 Å². The Bertz CT molecular complexity index is 407. The molecule has 0 spiro atoms. The molecule has 0 heterocycles. The van der Waals surface area contributed by atoms with Gasteiger partial charge in [-0.25, -0.2) is 0 Å². The molecule has 0 saturated heterocycles. The van der Waals surface area contributed by atoms with Crippen LogP contribution in [0, 0.1) is 24.7 Å². The number of hydrogen-bond acceptors (Lipinski definition) is 3. The first-order valence-electron chi connectivity index (χ1n) is 4.46. The van der Waals surface area contributed by atoms with Gasteiger partial charge >= 0.3 is 0 Å². The van der Waals surface area contributed by atoms with Crippen molar-refractivity contribution in [2.24, 2.45) is 0 Å². The number of nitrogens with two attached hydrogens (primary N) is 2. The second kappa shape index (κ2) is 4.83. The second-order valence-corrected chi connectivity index (χ2v) is 3.08. The van der Waals surface area contributed by atoms with Crippen molar-refractivity contribution in [3.8, 4) is 24.7 Å². The lowest BCUT2D eigenvalue weighted by Gasteiger charge is -2.21. The summed E-state index contributed by atoms with van der Waals surface area (Å²) >= 11 is 0. The Morgan fingerprint density at radius 3 is 2.20 bits per heavy atom. The molecule has 0 saturated carbocycles. The molecule has 1 aromatic carbocycles. The summed E-state index contributed by atoms with van der Waals surface area (Å²) in [5.41, 5.74) is 13.4. The van der Waals surface area contributed by atoms with E-state index < -0.39 is 0 Å². The number of nitrogen functional groups attached to an aromatic ring is 2. The molecule has 0 amide bonds. The highest BCUT2D eigenvalue weighted by Gasteiger charge is 2.07. The van der Waals surface area contributed by atoms with E-state index in [1.165, 1.54) is 0 Å². The zero-order valence-electron chi connectivity index (χ0n) is 8.40. The molecule has 0 fully saturated rings. The maximum absolute atomic E-state index is 5.82. The van der Waals surface area contributed by atoms with Crippen molar-refractivity contribution in [2.45, 2.75) is 0 Å². The Morgan fingerprint density at radius 2 is 1.73 bits per heavy atom. The normalized spacial score (nSPS) is 8.93. The van der Waals surface area contributed by atoms with E-state index in [1.807, 2.05) is 11.0 Å². The minimum atomic E-state index is 0.429. The van der Waals surface area contributed by atoms with Gasteiger partial charge in [-0.3, -0.25) is 0 Å². The highest BCUT2D eigenvalue weighted by Crippen LogP contribution is 2.24. The van der Waals surface area contributed by atoms with Crippen LogP contribution in [0.15, 0.2) is 18.2 Å². The zero-order valence-corrected chi connectivity index (χ0v) is 8.40. The molecular formula is C12H13N3. The fourth-order valence-electron chi connectivity index (χ4n) is 1.31. The van der Waals surface area contributed by atoms with Crippen LogP contribution >= 0.6 is 0 Å². The second-order valence-electron chi connectivity index (χ2n) is 3.08. The van der Waals surface area contributed by atoms with Gasteiger partial charge in [0.2, 0.25) is 0 Å². The summed E-state index contributed by atoms with van der Waals surface area (Å²) < 4.78 is 0. The third kappa shape index (κ3) is 2.59. The highest BCUT2D eigenvalue weighted by atomic mass is 15.1. The SMILES string of the molecule is C#CCN(CC#C)c1ccc(N)cc1N. The van der Waals surface area contributed by atoms with E-state index >= 15 is 0 Å². The van der Waals surface area contributed by atoms with Gasteiger partial charge in [0.05, 0.1) is 24.5 Å². The van der Waals surface area contributed by atoms with Crippen LogP contribution in [-0.4, -0.2) is 13.1 Å². The minimum Gasteiger partial charge on any atom is -0.399 e. The van der Waals surface area contributed by atoms with Gasteiger partial charge in [0.15, 0.2) is 0 Å². The molecule has 76 valence electrons. The van der Waals surface area contributed by atoms with Crippen molar-refractivity contribution in [3.63, 3.8) is 0 Å². The molecule has 0 aliphatic heterocycles. The van der Waals surface area contributed by atoms with E-state index in [0.717, 1.165) is 5.69 Å². The van der Waals surface area contributed by atoms with Gasteiger partial charge in [-0.05, 0) is 18.2 Å². The van der Waals surface area contributed by atoms with E-state index in [4.69, 9.17) is 24.3 Å². The molecule has 0 atom stereocenters. The van der Waals surface area contributed by atoms with E-state index in [9.17, 15) is 0 Å². The Balaban J connectivity index is 3.02. The third-order valence-corrected chi connectivity index (χ3v) is 1.96. The topological polar surface area (TPSA) is 55.3 Å². The maximum atomic E-state index is 5.82. The zero-order chi connectivity index (χ0) is 11.3. The summed E-state index contributed by atoms with van der Waals surface area (Å²) in [4.78, 5) is 1.84. The molecule has 3 nitrogen and oxygen atoms in total. The summed E-state index contributed by atoms with van der Waals surface area (Å²) in [5, 5.41) is 0. The number of terminal acetylenes is 2. The Kier molecular flexibility index (Phi) is 3.49. The number of rotatable bonds is 3. The predicted octanol–water partition coefficient (Wildman–Crippen LogP) is 0.924. The fourth-order valence-corrected chi connectivity index (χ4v) is 1.31. The fraction of sp³-hybridized carbons (Fsp3) is 0.167. The van der Waals surface area contributed by atoms with Gasteiger partial charge in [0, 0.05) is 5.69 Å². The van der Waals surface area contributed by atoms with Crippen LogP contribution in [0.25, 0.3) is 0 Å². The van der Waals surface area contributed by atoms with Crippen LogP contribution in [-0.2, 0) is 0 Å². The van der Waals surface area contributed by atoms with E-state index in [2.05, 4.69) is 11.8 Å². The van der Waals surface area contributed by atoms with Crippen LogP contribution in [0.4, 0.5) is 17.1 Å². The summed E-state index contributed by atoms with van der Waals surface area (Å²) in [5.74, 6) is 5.07. The summed E-state index contributed by atoms with van der Waals surface area (Å²) in [6, 6.07) is 5.28. The third-order valence-electron chi connectivity index (χ3n) is 1.96. The van der Waals surface area contributed by atoms with Gasteiger partial charge in [0.25, 0.3) is 0 Å². The lowest BCUT2D eigenvalue weighted by Crippen LogP contribution is -2.24. The molecule has 0 aliphatic carbocycles. The molecule has 1 rings (SSSR count). The van der Waals surface area contributed by atoms with Crippen molar-refractivity contribution < 1.29 is 0 Å². The van der Waals surface area contributed by atoms with Crippen molar-refractivity contribution in [2.75, 3.05) is 29.5 Å². The molecule has 0 aliphatic rings. The van der Waals surface area contributed by atoms with Crippen LogP contribution in [0.5, 0.6) is 0 Å². The Labute approximate surface area is 90.1 Å². The number of nitrogens with zero attached hydrogens (tertiary/aromatic N) is 1. The Hall–Kier alpha value is -2.26. The van der Waals surface area contributed by atoms with Crippen molar-refractivity contribution in [1.82, 2.24) is 0 Å². The smallest absolute Gasteiger partial charge is 0.0802 e. The summed E-state index contributed by atoms with van der Waals surface area (Å²) in [7, 11) is 0. The first-order valence-corrected chi connectivity index (χ1v) is 4.46. The number of benzene rings is 1. The predicted molar refractivity (Wildman–Crippen MR) is 65.1 cm³/mol. The van der Waals surface area contributed by atoms with Crippen molar-refractivity contribution >= 4 is 17.1 Å². The van der Waals surface area contributed by atoms with Crippen LogP contribution in [0.3, 0.4) is 0 Å². The van der Waals surface area contributed by atoms with Crippen LogP contribution < -0.4 is 16.4 Å². The van der Waals surface area contributed by atoms with Gasteiger partial charge < -0.3 is 16.4 Å². The van der Waals surface area contributed by atoms with Crippen LogP contribution in [0.2, 0.25) is 0 Å². The maximum Gasteiger partial charge on any atom is 0.0802 e. The van der Waals surface area contributed by atoms with Gasteiger partial charge in [-0.1, -0.05) is 11.8 Å². The molecular weight excluding hydrogens is 186 g/mol. The molecule has 1 aromatic rings. The van der Waals surface area contributed by atoms with E-state index in [0.29, 0.717) is 24.5 Å². The Morgan fingerprint density at radius 1 is 1.13 bits per heavy atom. The minimum absolute atomic E-state index is 0.429. The van der Waals surface area contributed by atoms with Gasteiger partial charge in [-0.2, -0.15) is 0 Å². The van der Waals surface area contributed by atoms with Crippen molar-refractivity contribution in [3.05, 3.63) is 18.2 Å². The largest absolute Gasteiger partial charge is 0.399 e. The first-order chi connectivity index (χ1) is 7.19. The highest BCUT2D eigenvalue weighted by molar-refractivity contribution is 5.72. The number of anilines is 3. The first kappa shape index (κ1) is 10.8. The lowest BCUT2D eigenvalue weighted by molar-refractivity contribution is 0.988. The molecule has 0 bridgehead atoms. The quantitative estimate of drug-likeness (QED) is 0.562. The standard InChI is InChI=1S/C12H13N3/c1-3-7-15(8-4-2)12-6-5-10(13)9-11(12)14/h1-2,5-6,9H,7-8,13-14H2. The summed E-state index contributed by atoms with van der Waals surface area (Å²) in [6.07, 6.45) is 10.5. The lowest BCUT2D eigenvalue weighted by atomic mass is 10.2. The molecule has 0 radical (unpaired) electrons. The van der Waals surface area contributed by atoms with Gasteiger partial charge in [-0.15, -0.1) is 12.8 Å². The average Bonchev–Trinajstić information content (AvgIpc) is 2.17. The van der Waals surface area contributed by atoms with Gasteiger partial charge in [0.1, 0.15) is 0 Å². The molecule has 0 unspecified atom stereocenters. The number of hydrogen-bond donors (Lipinski definition) is 2. The van der Waals surface area contributed by atoms with Crippen molar-refractivity contribution in [1.29, 1.82) is 0 Å². The molecule has 3 heteroatoms. The summed E-state index contributed by atoms with van der Waals surface area (Å²) in [6.45, 7) is 0.858. The monoisotopic (exact) mass is 199 g/mol. The molecule has 4 N–H and O–H groups in total.